The molecule has 0 saturated carbocycles. The molecule has 0 atom stereocenters. The maximum absolute atomic E-state index is 4.48. The van der Waals surface area contributed by atoms with Gasteiger partial charge in [-0.2, -0.15) is 0 Å². The van der Waals surface area contributed by atoms with Crippen LogP contribution in [0.1, 0.15) is 36.3 Å². The first-order valence-corrected chi connectivity index (χ1v) is 10.3. The van der Waals surface area contributed by atoms with Gasteiger partial charge in [0.15, 0.2) is 11.0 Å². The Labute approximate surface area is 152 Å². The van der Waals surface area contributed by atoms with E-state index in [0.29, 0.717) is 0 Å². The zero-order valence-corrected chi connectivity index (χ0v) is 16.1. The van der Waals surface area contributed by atoms with E-state index in [2.05, 4.69) is 71.2 Å². The molecule has 5 heteroatoms. The van der Waals surface area contributed by atoms with Crippen LogP contribution in [0.3, 0.4) is 0 Å². The molecule has 0 aliphatic carbocycles. The van der Waals surface area contributed by atoms with E-state index in [1.165, 1.54) is 21.6 Å². The molecule has 3 aromatic rings. The molecule has 3 rings (SSSR count). The number of benzene rings is 1. The second-order valence-electron chi connectivity index (χ2n) is 5.89. The van der Waals surface area contributed by atoms with E-state index in [-0.39, 0.29) is 0 Å². The van der Waals surface area contributed by atoms with Gasteiger partial charge in [-0.25, -0.2) is 0 Å². The summed E-state index contributed by atoms with van der Waals surface area (Å²) in [4.78, 5) is 1.39. The summed E-state index contributed by atoms with van der Waals surface area (Å²) in [6, 6.07) is 10.9. The SMILES string of the molecule is CCCn1c(SCc2cccc(C)c2)nnc1-c1csc(CC)c1. The molecule has 0 aliphatic heterocycles. The van der Waals surface area contributed by atoms with Gasteiger partial charge < -0.3 is 4.57 Å². The smallest absolute Gasteiger partial charge is 0.191 e. The molecule has 0 N–H and O–H groups in total. The molecule has 0 amide bonds. The van der Waals surface area contributed by atoms with Gasteiger partial charge in [0.1, 0.15) is 0 Å². The molecule has 0 unspecified atom stereocenters. The highest BCUT2D eigenvalue weighted by Crippen LogP contribution is 2.29. The van der Waals surface area contributed by atoms with Gasteiger partial charge in [0.2, 0.25) is 0 Å². The summed E-state index contributed by atoms with van der Waals surface area (Å²) < 4.78 is 2.27. The lowest BCUT2D eigenvalue weighted by Gasteiger charge is -2.08. The monoisotopic (exact) mass is 357 g/mol. The molecule has 0 bridgehead atoms. The average molecular weight is 358 g/mol. The fraction of sp³-hybridized carbons (Fsp3) is 0.368. The number of thiophene rings is 1. The largest absolute Gasteiger partial charge is 0.302 e. The third-order valence-electron chi connectivity index (χ3n) is 3.87. The van der Waals surface area contributed by atoms with Gasteiger partial charge in [-0.3, -0.25) is 0 Å². The van der Waals surface area contributed by atoms with Gasteiger partial charge in [-0.05, 0) is 31.4 Å². The first-order chi connectivity index (χ1) is 11.7. The minimum Gasteiger partial charge on any atom is -0.302 e. The molecule has 0 spiro atoms. The maximum atomic E-state index is 4.48. The quantitative estimate of drug-likeness (QED) is 0.517. The number of aromatic nitrogens is 3. The number of aryl methyl sites for hydroxylation is 2. The summed E-state index contributed by atoms with van der Waals surface area (Å²) >= 11 is 3.57. The molecular weight excluding hydrogens is 334 g/mol. The molecule has 2 aromatic heterocycles. The van der Waals surface area contributed by atoms with E-state index in [9.17, 15) is 0 Å². The number of nitrogens with zero attached hydrogens (tertiary/aromatic N) is 3. The van der Waals surface area contributed by atoms with Crippen LogP contribution in [0.5, 0.6) is 0 Å². The first kappa shape index (κ1) is 17.2. The van der Waals surface area contributed by atoms with Crippen LogP contribution in [-0.2, 0) is 18.7 Å². The Morgan fingerprint density at radius 3 is 2.75 bits per heavy atom. The molecule has 1 aromatic carbocycles. The minimum absolute atomic E-state index is 0.924. The van der Waals surface area contributed by atoms with Crippen molar-refractivity contribution in [3.63, 3.8) is 0 Å². The Balaban J connectivity index is 1.82. The number of hydrogen-bond acceptors (Lipinski definition) is 4. The van der Waals surface area contributed by atoms with Crippen molar-refractivity contribution in [1.29, 1.82) is 0 Å². The molecular formula is C19H23N3S2. The van der Waals surface area contributed by atoms with E-state index < -0.39 is 0 Å². The Morgan fingerprint density at radius 1 is 1.17 bits per heavy atom. The summed E-state index contributed by atoms with van der Waals surface area (Å²) in [5.74, 6) is 1.92. The summed E-state index contributed by atoms with van der Waals surface area (Å²) in [6.07, 6.45) is 2.15. The van der Waals surface area contributed by atoms with Crippen molar-refractivity contribution in [3.8, 4) is 11.4 Å². The van der Waals surface area contributed by atoms with Crippen molar-refractivity contribution in [3.05, 3.63) is 51.7 Å². The van der Waals surface area contributed by atoms with Crippen LogP contribution in [0.2, 0.25) is 0 Å². The summed E-state index contributed by atoms with van der Waals surface area (Å²) in [5, 5.41) is 12.2. The van der Waals surface area contributed by atoms with Crippen LogP contribution in [-0.4, -0.2) is 14.8 Å². The number of thioether (sulfide) groups is 1. The Hall–Kier alpha value is -1.59. The highest BCUT2D eigenvalue weighted by atomic mass is 32.2. The van der Waals surface area contributed by atoms with Gasteiger partial charge in [0.05, 0.1) is 0 Å². The van der Waals surface area contributed by atoms with Crippen molar-refractivity contribution in [1.82, 2.24) is 14.8 Å². The van der Waals surface area contributed by atoms with Gasteiger partial charge in [-0.15, -0.1) is 21.5 Å². The van der Waals surface area contributed by atoms with Crippen LogP contribution < -0.4 is 0 Å². The van der Waals surface area contributed by atoms with Gasteiger partial charge in [-0.1, -0.05) is 55.4 Å². The Bertz CT molecular complexity index is 805. The minimum atomic E-state index is 0.924. The van der Waals surface area contributed by atoms with E-state index in [1.807, 2.05) is 0 Å². The van der Waals surface area contributed by atoms with Crippen LogP contribution in [0.4, 0.5) is 0 Å². The number of hydrogen-bond donors (Lipinski definition) is 0. The van der Waals surface area contributed by atoms with Gasteiger partial charge in [0, 0.05) is 28.1 Å². The Kier molecular flexibility index (Phi) is 5.74. The van der Waals surface area contributed by atoms with E-state index in [1.54, 1.807) is 23.1 Å². The zero-order chi connectivity index (χ0) is 16.9. The molecule has 0 aliphatic rings. The van der Waals surface area contributed by atoms with Crippen molar-refractivity contribution in [2.45, 2.75) is 51.1 Å². The predicted molar refractivity (Wildman–Crippen MR) is 104 cm³/mol. The van der Waals surface area contributed by atoms with E-state index >= 15 is 0 Å². The fourth-order valence-corrected chi connectivity index (χ4v) is 4.39. The second-order valence-corrected chi connectivity index (χ2v) is 7.83. The van der Waals surface area contributed by atoms with Crippen molar-refractivity contribution in [2.75, 3.05) is 0 Å². The van der Waals surface area contributed by atoms with Gasteiger partial charge in [0.25, 0.3) is 0 Å². The second kappa shape index (κ2) is 7.99. The summed E-state index contributed by atoms with van der Waals surface area (Å²) in [7, 11) is 0. The molecule has 24 heavy (non-hydrogen) atoms. The zero-order valence-electron chi connectivity index (χ0n) is 14.5. The lowest BCUT2D eigenvalue weighted by molar-refractivity contribution is 0.626. The van der Waals surface area contributed by atoms with Crippen LogP contribution >= 0.6 is 23.1 Å². The van der Waals surface area contributed by atoms with E-state index in [0.717, 1.165) is 36.1 Å². The Morgan fingerprint density at radius 2 is 2.04 bits per heavy atom. The summed E-state index contributed by atoms with van der Waals surface area (Å²) in [5.41, 5.74) is 3.82. The molecule has 0 saturated heterocycles. The summed E-state index contributed by atoms with van der Waals surface area (Å²) in [6.45, 7) is 7.48. The fourth-order valence-electron chi connectivity index (χ4n) is 2.67. The standard InChI is InChI=1S/C19H23N3S2/c1-4-9-22-18(16-11-17(5-2)23-13-16)20-21-19(22)24-12-15-8-6-7-14(3)10-15/h6-8,10-11,13H,4-5,9,12H2,1-3H3. The third kappa shape index (κ3) is 3.90. The van der Waals surface area contributed by atoms with E-state index in [4.69, 9.17) is 0 Å². The van der Waals surface area contributed by atoms with Gasteiger partial charge >= 0.3 is 0 Å². The van der Waals surface area contributed by atoms with Crippen LogP contribution in [0.15, 0.2) is 40.9 Å². The number of rotatable bonds is 7. The predicted octanol–water partition coefficient (Wildman–Crippen LogP) is 5.58. The molecule has 0 radical (unpaired) electrons. The average Bonchev–Trinajstić information content (AvgIpc) is 3.20. The van der Waals surface area contributed by atoms with Crippen LogP contribution in [0, 0.1) is 6.92 Å². The van der Waals surface area contributed by atoms with Crippen molar-refractivity contribution >= 4 is 23.1 Å². The van der Waals surface area contributed by atoms with Crippen molar-refractivity contribution < 1.29 is 0 Å². The molecule has 2 heterocycles. The third-order valence-corrected chi connectivity index (χ3v) is 5.99. The lowest BCUT2D eigenvalue weighted by Crippen LogP contribution is -2.01. The molecule has 3 nitrogen and oxygen atoms in total. The van der Waals surface area contributed by atoms with Crippen molar-refractivity contribution in [2.24, 2.45) is 0 Å². The highest BCUT2D eigenvalue weighted by molar-refractivity contribution is 7.98. The molecule has 126 valence electrons. The maximum Gasteiger partial charge on any atom is 0.191 e. The van der Waals surface area contributed by atoms with Crippen LogP contribution in [0.25, 0.3) is 11.4 Å². The lowest BCUT2D eigenvalue weighted by atomic mass is 10.2. The topological polar surface area (TPSA) is 30.7 Å². The first-order valence-electron chi connectivity index (χ1n) is 8.40. The highest BCUT2D eigenvalue weighted by Gasteiger charge is 2.15. The normalized spacial score (nSPS) is 11.1. The molecule has 0 fully saturated rings.